The summed E-state index contributed by atoms with van der Waals surface area (Å²) in [5, 5.41) is 11.4. The summed E-state index contributed by atoms with van der Waals surface area (Å²) < 4.78 is 0. The van der Waals surface area contributed by atoms with Crippen molar-refractivity contribution in [2.45, 2.75) is 70.1 Å². The van der Waals surface area contributed by atoms with Crippen LogP contribution in [0.2, 0.25) is 0 Å². The highest BCUT2D eigenvalue weighted by Crippen LogP contribution is 2.38. The first-order valence-corrected chi connectivity index (χ1v) is 8.10. The maximum atomic E-state index is 4.40. The van der Waals surface area contributed by atoms with Crippen molar-refractivity contribution in [3.63, 3.8) is 0 Å². The summed E-state index contributed by atoms with van der Waals surface area (Å²) in [6.45, 7) is 2.43. The number of nitrogens with one attached hydrogen (secondary N) is 1. The van der Waals surface area contributed by atoms with Crippen molar-refractivity contribution in [3.8, 4) is 0 Å². The lowest BCUT2D eigenvalue weighted by Gasteiger charge is -2.31. The van der Waals surface area contributed by atoms with Gasteiger partial charge in [0.1, 0.15) is 11.0 Å². The molecule has 1 aliphatic carbocycles. The maximum Gasteiger partial charge on any atom is 0.116 e. The number of benzene rings is 1. The molecule has 3 rings (SSSR count). The SMILES string of the molecule is CC1(c2cccc3n[nH]nc23)CCCCCCCCC1. The number of para-hydroxylation sites is 1. The van der Waals surface area contributed by atoms with E-state index in [1.807, 2.05) is 6.07 Å². The van der Waals surface area contributed by atoms with Gasteiger partial charge >= 0.3 is 0 Å². The number of aromatic nitrogens is 3. The summed E-state index contributed by atoms with van der Waals surface area (Å²) in [6, 6.07) is 6.44. The van der Waals surface area contributed by atoms with Crippen LogP contribution in [0.15, 0.2) is 18.2 Å². The first kappa shape index (κ1) is 13.6. The van der Waals surface area contributed by atoms with Crippen LogP contribution in [-0.4, -0.2) is 15.4 Å². The third-order valence-corrected chi connectivity index (χ3v) is 4.95. The van der Waals surface area contributed by atoms with Gasteiger partial charge in [-0.05, 0) is 29.9 Å². The van der Waals surface area contributed by atoms with E-state index >= 15 is 0 Å². The van der Waals surface area contributed by atoms with Crippen molar-refractivity contribution in [2.75, 3.05) is 0 Å². The van der Waals surface area contributed by atoms with Crippen molar-refractivity contribution in [2.24, 2.45) is 0 Å². The van der Waals surface area contributed by atoms with Gasteiger partial charge in [-0.15, -0.1) is 0 Å². The molecule has 0 aliphatic heterocycles. The highest BCUT2D eigenvalue weighted by atomic mass is 15.3. The topological polar surface area (TPSA) is 41.6 Å². The van der Waals surface area contributed by atoms with E-state index in [1.54, 1.807) is 0 Å². The minimum Gasteiger partial charge on any atom is -0.197 e. The molecule has 108 valence electrons. The zero-order valence-electron chi connectivity index (χ0n) is 12.5. The van der Waals surface area contributed by atoms with Crippen LogP contribution in [0, 0.1) is 0 Å². The van der Waals surface area contributed by atoms with Crippen LogP contribution in [-0.2, 0) is 5.41 Å². The Labute approximate surface area is 121 Å². The summed E-state index contributed by atoms with van der Waals surface area (Å²) in [6.07, 6.45) is 12.2. The van der Waals surface area contributed by atoms with Gasteiger partial charge in [0.15, 0.2) is 0 Å². The van der Waals surface area contributed by atoms with Gasteiger partial charge in [0.05, 0.1) is 0 Å². The molecule has 2 aromatic rings. The van der Waals surface area contributed by atoms with E-state index in [1.165, 1.54) is 63.4 Å². The monoisotopic (exact) mass is 271 g/mol. The number of fused-ring (bicyclic) bond motifs is 1. The third-order valence-electron chi connectivity index (χ3n) is 4.95. The fourth-order valence-electron chi connectivity index (χ4n) is 3.66. The molecule has 1 N–H and O–H groups in total. The molecule has 1 aromatic carbocycles. The number of hydrogen-bond donors (Lipinski definition) is 1. The second-order valence-corrected chi connectivity index (χ2v) is 6.53. The second kappa shape index (κ2) is 5.94. The molecule has 0 saturated heterocycles. The Kier molecular flexibility index (Phi) is 4.04. The molecule has 0 radical (unpaired) electrons. The predicted molar refractivity (Wildman–Crippen MR) is 82.8 cm³/mol. The van der Waals surface area contributed by atoms with Crippen LogP contribution in [0.3, 0.4) is 0 Å². The van der Waals surface area contributed by atoms with Gasteiger partial charge in [0.25, 0.3) is 0 Å². The fraction of sp³-hybridized carbons (Fsp3) is 0.647. The molecule has 0 amide bonds. The molecule has 1 aliphatic rings. The van der Waals surface area contributed by atoms with E-state index in [0.717, 1.165) is 11.0 Å². The van der Waals surface area contributed by atoms with E-state index in [4.69, 9.17) is 0 Å². The van der Waals surface area contributed by atoms with E-state index in [0.29, 0.717) is 0 Å². The highest BCUT2D eigenvalue weighted by Gasteiger charge is 2.28. The molecule has 20 heavy (non-hydrogen) atoms. The number of nitrogens with zero attached hydrogens (tertiary/aromatic N) is 2. The van der Waals surface area contributed by atoms with Crippen molar-refractivity contribution >= 4 is 11.0 Å². The quantitative estimate of drug-likeness (QED) is 0.814. The molecule has 1 saturated carbocycles. The minimum absolute atomic E-state index is 0.258. The predicted octanol–water partition coefficient (Wildman–Crippen LogP) is 4.74. The number of H-pyrrole nitrogens is 1. The molecular formula is C17H25N3. The normalized spacial score (nSPS) is 20.9. The van der Waals surface area contributed by atoms with Crippen molar-refractivity contribution in [3.05, 3.63) is 23.8 Å². The van der Waals surface area contributed by atoms with Gasteiger partial charge in [-0.1, -0.05) is 64.0 Å². The molecule has 0 spiro atoms. The van der Waals surface area contributed by atoms with Crippen LogP contribution in [0.1, 0.15) is 70.3 Å². The van der Waals surface area contributed by atoms with Crippen LogP contribution in [0.5, 0.6) is 0 Å². The molecule has 0 bridgehead atoms. The summed E-state index contributed by atoms with van der Waals surface area (Å²) in [5.41, 5.74) is 3.73. The lowest BCUT2D eigenvalue weighted by molar-refractivity contribution is 0.353. The van der Waals surface area contributed by atoms with Gasteiger partial charge < -0.3 is 0 Å². The molecule has 1 aromatic heterocycles. The number of hydrogen-bond acceptors (Lipinski definition) is 2. The zero-order chi connectivity index (χ0) is 13.8. The van der Waals surface area contributed by atoms with Crippen LogP contribution in [0.25, 0.3) is 11.0 Å². The lowest BCUT2D eigenvalue weighted by Crippen LogP contribution is -2.23. The second-order valence-electron chi connectivity index (χ2n) is 6.53. The summed E-state index contributed by atoms with van der Waals surface area (Å²) in [5.74, 6) is 0. The average Bonchev–Trinajstić information content (AvgIpc) is 2.94. The van der Waals surface area contributed by atoms with Gasteiger partial charge in [0, 0.05) is 0 Å². The van der Waals surface area contributed by atoms with E-state index in [-0.39, 0.29) is 5.41 Å². The Hall–Kier alpha value is -1.38. The maximum absolute atomic E-state index is 4.40. The first-order valence-electron chi connectivity index (χ1n) is 8.10. The summed E-state index contributed by atoms with van der Waals surface area (Å²) in [4.78, 5) is 0. The molecule has 1 heterocycles. The minimum atomic E-state index is 0.258. The largest absolute Gasteiger partial charge is 0.197 e. The Morgan fingerprint density at radius 1 is 0.900 bits per heavy atom. The van der Waals surface area contributed by atoms with Gasteiger partial charge in [0.2, 0.25) is 0 Å². The Balaban J connectivity index is 1.92. The summed E-state index contributed by atoms with van der Waals surface area (Å²) in [7, 11) is 0. The van der Waals surface area contributed by atoms with Crippen LogP contribution >= 0.6 is 0 Å². The van der Waals surface area contributed by atoms with E-state index < -0.39 is 0 Å². The molecular weight excluding hydrogens is 246 g/mol. The Morgan fingerprint density at radius 2 is 1.55 bits per heavy atom. The molecule has 3 heteroatoms. The van der Waals surface area contributed by atoms with Crippen molar-refractivity contribution in [1.29, 1.82) is 0 Å². The average molecular weight is 271 g/mol. The zero-order valence-corrected chi connectivity index (χ0v) is 12.5. The summed E-state index contributed by atoms with van der Waals surface area (Å²) >= 11 is 0. The molecule has 0 unspecified atom stereocenters. The smallest absolute Gasteiger partial charge is 0.116 e. The lowest BCUT2D eigenvalue weighted by atomic mass is 9.73. The molecule has 3 nitrogen and oxygen atoms in total. The van der Waals surface area contributed by atoms with Crippen molar-refractivity contribution in [1.82, 2.24) is 15.4 Å². The first-order chi connectivity index (χ1) is 9.80. The third kappa shape index (κ3) is 2.72. The standard InChI is InChI=1S/C17H25N3/c1-17(12-7-5-3-2-4-6-8-13-17)14-10-9-11-15-16(14)19-20-18-15/h9-11H,2-8,12-13H2,1H3,(H,18,19,20). The van der Waals surface area contributed by atoms with Crippen molar-refractivity contribution < 1.29 is 0 Å². The van der Waals surface area contributed by atoms with E-state index in [9.17, 15) is 0 Å². The van der Waals surface area contributed by atoms with Gasteiger partial charge in [-0.25, -0.2) is 0 Å². The Morgan fingerprint density at radius 3 is 2.25 bits per heavy atom. The number of aromatic amines is 1. The van der Waals surface area contributed by atoms with Gasteiger partial charge in [-0.2, -0.15) is 15.4 Å². The highest BCUT2D eigenvalue weighted by molar-refractivity contribution is 5.78. The van der Waals surface area contributed by atoms with Crippen LogP contribution < -0.4 is 0 Å². The fourth-order valence-corrected chi connectivity index (χ4v) is 3.66. The molecule has 0 atom stereocenters. The van der Waals surface area contributed by atoms with E-state index in [2.05, 4.69) is 34.5 Å². The Bertz CT molecular complexity index is 548. The number of rotatable bonds is 1. The molecule has 1 fully saturated rings. The van der Waals surface area contributed by atoms with Gasteiger partial charge in [-0.3, -0.25) is 0 Å². The van der Waals surface area contributed by atoms with Crippen LogP contribution in [0.4, 0.5) is 0 Å².